The summed E-state index contributed by atoms with van der Waals surface area (Å²) in [7, 11) is 0. The van der Waals surface area contributed by atoms with E-state index in [-0.39, 0.29) is 10.6 Å². The molecule has 0 saturated heterocycles. The smallest absolute Gasteiger partial charge is 0.0645 e. The van der Waals surface area contributed by atoms with Gasteiger partial charge in [0.15, 0.2) is 0 Å². The number of halogens is 2. The Morgan fingerprint density at radius 3 is 2.57 bits per heavy atom. The number of rotatable bonds is 6. The Kier molecular flexibility index (Phi) is 6.71. The fourth-order valence-electron chi connectivity index (χ4n) is 1.80. The second-order valence-corrected chi connectivity index (χ2v) is 7.54. The molecular weight excluding hydrogens is 343 g/mol. The van der Waals surface area contributed by atoms with Gasteiger partial charge in [0, 0.05) is 29.9 Å². The van der Waals surface area contributed by atoms with E-state index in [1.165, 1.54) is 0 Å². The Balaban J connectivity index is 1.89. The van der Waals surface area contributed by atoms with E-state index >= 15 is 0 Å². The van der Waals surface area contributed by atoms with E-state index in [2.05, 4.69) is 35.9 Å². The minimum atomic E-state index is 0.0570. The van der Waals surface area contributed by atoms with E-state index in [1.54, 1.807) is 18.0 Å². The highest BCUT2D eigenvalue weighted by molar-refractivity contribution is 8.10. The van der Waals surface area contributed by atoms with Gasteiger partial charge in [0.1, 0.15) is 0 Å². The molecule has 21 heavy (non-hydrogen) atoms. The maximum absolute atomic E-state index is 6.16. The molecule has 0 radical (unpaired) electrons. The standard InChI is InChI=1S/C15H16Cl2N2S2/c1-10(11-4-3-7-18-8-11)19-9-14(20)21-15-12(16)5-2-6-13(15)17/h2-8,10,14,19-20H,9H2,1H3. The van der Waals surface area contributed by atoms with Gasteiger partial charge in [-0.05, 0) is 30.7 Å². The first-order valence-electron chi connectivity index (χ1n) is 6.50. The molecule has 2 aromatic rings. The number of pyridine rings is 1. The Bertz CT molecular complexity index is 561. The number of nitrogens with one attached hydrogen (secondary N) is 1. The number of aromatic nitrogens is 1. The molecule has 2 nitrogen and oxygen atoms in total. The van der Waals surface area contributed by atoms with Crippen LogP contribution < -0.4 is 5.32 Å². The first-order chi connectivity index (χ1) is 10.1. The van der Waals surface area contributed by atoms with Crippen LogP contribution in [0.2, 0.25) is 10.0 Å². The fraction of sp³-hybridized carbons (Fsp3) is 0.267. The molecule has 2 atom stereocenters. The largest absolute Gasteiger partial charge is 0.308 e. The maximum Gasteiger partial charge on any atom is 0.0645 e. The average Bonchev–Trinajstić information content (AvgIpc) is 2.49. The summed E-state index contributed by atoms with van der Waals surface area (Å²) in [5.74, 6) is 0. The van der Waals surface area contributed by atoms with Crippen LogP contribution >= 0.6 is 47.6 Å². The van der Waals surface area contributed by atoms with Crippen LogP contribution in [0.4, 0.5) is 0 Å². The molecule has 0 saturated carbocycles. The number of hydrogen-bond donors (Lipinski definition) is 2. The molecule has 1 N–H and O–H groups in total. The molecule has 0 aliphatic carbocycles. The number of thiol groups is 1. The lowest BCUT2D eigenvalue weighted by Crippen LogP contribution is -2.24. The number of hydrogen-bond acceptors (Lipinski definition) is 4. The first-order valence-corrected chi connectivity index (χ1v) is 8.65. The predicted octanol–water partition coefficient (Wildman–Crippen LogP) is 5.09. The van der Waals surface area contributed by atoms with Crippen LogP contribution in [-0.4, -0.2) is 16.1 Å². The van der Waals surface area contributed by atoms with Crippen molar-refractivity contribution in [1.82, 2.24) is 10.3 Å². The Labute approximate surface area is 145 Å². The zero-order chi connectivity index (χ0) is 15.2. The molecule has 0 spiro atoms. The first kappa shape index (κ1) is 17.0. The second kappa shape index (κ2) is 8.30. The molecule has 0 fully saturated rings. The minimum absolute atomic E-state index is 0.0570. The molecule has 6 heteroatoms. The van der Waals surface area contributed by atoms with Gasteiger partial charge in [-0.1, -0.05) is 35.3 Å². The normalized spacial score (nSPS) is 13.9. The Morgan fingerprint density at radius 1 is 1.24 bits per heavy atom. The highest BCUT2D eigenvalue weighted by Gasteiger charge is 2.13. The molecule has 0 amide bonds. The van der Waals surface area contributed by atoms with Crippen LogP contribution in [0.5, 0.6) is 0 Å². The van der Waals surface area contributed by atoms with Gasteiger partial charge < -0.3 is 5.32 Å². The van der Waals surface area contributed by atoms with Gasteiger partial charge in [0.25, 0.3) is 0 Å². The molecule has 2 rings (SSSR count). The van der Waals surface area contributed by atoms with Gasteiger partial charge in [0.05, 0.1) is 14.6 Å². The quantitative estimate of drug-likeness (QED) is 0.427. The highest BCUT2D eigenvalue weighted by atomic mass is 35.5. The number of nitrogens with zero attached hydrogens (tertiary/aromatic N) is 1. The van der Waals surface area contributed by atoms with E-state index < -0.39 is 0 Å². The Morgan fingerprint density at radius 2 is 1.95 bits per heavy atom. The Hall–Kier alpha value is -0.390. The van der Waals surface area contributed by atoms with E-state index in [9.17, 15) is 0 Å². The summed E-state index contributed by atoms with van der Waals surface area (Å²) in [6.07, 6.45) is 3.64. The van der Waals surface area contributed by atoms with Crippen LogP contribution in [0.15, 0.2) is 47.6 Å². The van der Waals surface area contributed by atoms with Gasteiger partial charge >= 0.3 is 0 Å². The van der Waals surface area contributed by atoms with Crippen molar-refractivity contribution in [2.75, 3.05) is 6.54 Å². The van der Waals surface area contributed by atoms with Crippen LogP contribution in [0, 0.1) is 0 Å². The third-order valence-corrected chi connectivity index (χ3v) is 5.42. The molecule has 1 aromatic heterocycles. The number of thioether (sulfide) groups is 1. The van der Waals surface area contributed by atoms with Crippen molar-refractivity contribution in [3.05, 3.63) is 58.3 Å². The third-order valence-electron chi connectivity index (χ3n) is 2.96. The summed E-state index contributed by atoms with van der Waals surface area (Å²) >= 11 is 18.5. The summed E-state index contributed by atoms with van der Waals surface area (Å²) in [4.78, 5) is 5.00. The van der Waals surface area contributed by atoms with E-state index in [0.717, 1.165) is 17.0 Å². The summed E-state index contributed by atoms with van der Waals surface area (Å²) in [5, 5.41) is 4.75. The molecule has 2 unspecified atom stereocenters. The van der Waals surface area contributed by atoms with Crippen molar-refractivity contribution in [3.8, 4) is 0 Å². The van der Waals surface area contributed by atoms with E-state index in [1.807, 2.05) is 30.5 Å². The average molecular weight is 359 g/mol. The molecule has 112 valence electrons. The van der Waals surface area contributed by atoms with Gasteiger partial charge in [0.2, 0.25) is 0 Å². The summed E-state index contributed by atoms with van der Waals surface area (Å²) in [6.45, 7) is 2.83. The van der Waals surface area contributed by atoms with Crippen molar-refractivity contribution in [2.45, 2.75) is 22.4 Å². The zero-order valence-electron chi connectivity index (χ0n) is 11.5. The lowest BCUT2D eigenvalue weighted by molar-refractivity contribution is 0.593. The van der Waals surface area contributed by atoms with Crippen LogP contribution in [0.3, 0.4) is 0 Å². The van der Waals surface area contributed by atoms with Gasteiger partial charge in [-0.15, -0.1) is 11.8 Å². The highest BCUT2D eigenvalue weighted by Crippen LogP contribution is 2.37. The van der Waals surface area contributed by atoms with E-state index in [0.29, 0.717) is 10.0 Å². The van der Waals surface area contributed by atoms with Crippen molar-refractivity contribution in [2.24, 2.45) is 0 Å². The monoisotopic (exact) mass is 358 g/mol. The van der Waals surface area contributed by atoms with E-state index in [4.69, 9.17) is 23.2 Å². The maximum atomic E-state index is 6.16. The zero-order valence-corrected chi connectivity index (χ0v) is 14.7. The molecule has 0 bridgehead atoms. The number of benzene rings is 1. The van der Waals surface area contributed by atoms with Crippen LogP contribution in [-0.2, 0) is 0 Å². The van der Waals surface area contributed by atoms with Crippen molar-refractivity contribution in [3.63, 3.8) is 0 Å². The fourth-order valence-corrected chi connectivity index (χ4v) is 3.70. The van der Waals surface area contributed by atoms with Crippen molar-refractivity contribution in [1.29, 1.82) is 0 Å². The second-order valence-electron chi connectivity index (χ2n) is 4.54. The van der Waals surface area contributed by atoms with Gasteiger partial charge in [-0.25, -0.2) is 0 Å². The van der Waals surface area contributed by atoms with Crippen molar-refractivity contribution < 1.29 is 0 Å². The summed E-state index contributed by atoms with van der Waals surface area (Å²) in [5.41, 5.74) is 1.15. The molecule has 1 aromatic carbocycles. The topological polar surface area (TPSA) is 24.9 Å². The van der Waals surface area contributed by atoms with Crippen LogP contribution in [0.1, 0.15) is 18.5 Å². The van der Waals surface area contributed by atoms with Crippen molar-refractivity contribution >= 4 is 47.6 Å². The lowest BCUT2D eigenvalue weighted by Gasteiger charge is -2.18. The van der Waals surface area contributed by atoms with Crippen LogP contribution in [0.25, 0.3) is 0 Å². The summed E-state index contributed by atoms with van der Waals surface area (Å²) in [6, 6.07) is 9.71. The van der Waals surface area contributed by atoms with Gasteiger partial charge in [-0.3, -0.25) is 4.98 Å². The summed E-state index contributed by atoms with van der Waals surface area (Å²) < 4.78 is 0.0570. The minimum Gasteiger partial charge on any atom is -0.308 e. The molecule has 0 aliphatic heterocycles. The molecular formula is C15H16Cl2N2S2. The molecule has 1 heterocycles. The lowest BCUT2D eigenvalue weighted by atomic mass is 10.1. The third kappa shape index (κ3) is 5.08. The van der Waals surface area contributed by atoms with Gasteiger partial charge in [-0.2, -0.15) is 12.6 Å². The SMILES string of the molecule is CC(NCC(S)Sc1c(Cl)cccc1Cl)c1cccnc1. The predicted molar refractivity (Wildman–Crippen MR) is 95.7 cm³/mol. The molecule has 0 aliphatic rings.